The summed E-state index contributed by atoms with van der Waals surface area (Å²) in [6.07, 6.45) is 5.23. The van der Waals surface area contributed by atoms with E-state index in [1.165, 1.54) is 4.68 Å². The molecule has 25 heavy (non-hydrogen) atoms. The van der Waals surface area contributed by atoms with E-state index in [4.69, 9.17) is 4.74 Å². The van der Waals surface area contributed by atoms with Crippen molar-refractivity contribution in [2.45, 2.75) is 51.4 Å². The van der Waals surface area contributed by atoms with Crippen molar-refractivity contribution in [2.75, 3.05) is 11.9 Å². The zero-order chi connectivity index (χ0) is 17.4. The van der Waals surface area contributed by atoms with Crippen LogP contribution < -0.4 is 10.9 Å². The molecule has 0 unspecified atom stereocenters. The number of fused-ring (bicyclic) bond motifs is 1. The molecule has 2 aromatic rings. The predicted octanol–water partition coefficient (Wildman–Crippen LogP) is 2.28. The Kier molecular flexibility index (Phi) is 4.03. The van der Waals surface area contributed by atoms with Crippen LogP contribution in [0.1, 0.15) is 55.5 Å². The number of H-pyrrole nitrogens is 1. The zero-order valence-electron chi connectivity index (χ0n) is 14.2. The number of hydrogen-bond acceptors (Lipinski definition) is 5. The number of rotatable bonds is 4. The number of amides is 1. The van der Waals surface area contributed by atoms with Crippen LogP contribution in [-0.2, 0) is 17.6 Å². The summed E-state index contributed by atoms with van der Waals surface area (Å²) in [7, 11) is 0. The van der Waals surface area contributed by atoms with E-state index in [-0.39, 0.29) is 12.2 Å². The van der Waals surface area contributed by atoms with Crippen LogP contribution in [0.5, 0.6) is 0 Å². The van der Waals surface area contributed by atoms with Crippen molar-refractivity contribution in [3.05, 3.63) is 33.4 Å². The van der Waals surface area contributed by atoms with Gasteiger partial charge in [0, 0.05) is 17.5 Å². The molecule has 0 aliphatic heterocycles. The van der Waals surface area contributed by atoms with Crippen molar-refractivity contribution in [3.8, 4) is 5.95 Å². The number of aromatic nitrogens is 4. The lowest BCUT2D eigenvalue weighted by Crippen LogP contribution is -2.25. The standard InChI is InChI=1S/C17H21N5O3/c1-2-25-17(24)19-14-9-13(10-7-8-10)21-22(14)16-18-12-6-4-3-5-11(12)15(23)20-16/h9-10H,2-8H2,1H3,(H,19,24)(H,18,20,23). The van der Waals surface area contributed by atoms with Gasteiger partial charge < -0.3 is 4.74 Å². The van der Waals surface area contributed by atoms with Crippen molar-refractivity contribution in [1.29, 1.82) is 0 Å². The van der Waals surface area contributed by atoms with Crippen LogP contribution >= 0.6 is 0 Å². The average molecular weight is 343 g/mol. The third-order valence-corrected chi connectivity index (χ3v) is 4.61. The minimum Gasteiger partial charge on any atom is -0.450 e. The number of carbonyl (C=O) groups excluding carboxylic acids is 1. The van der Waals surface area contributed by atoms with Crippen LogP contribution in [0.4, 0.5) is 10.6 Å². The summed E-state index contributed by atoms with van der Waals surface area (Å²) in [5, 5.41) is 7.25. The monoisotopic (exact) mass is 343 g/mol. The summed E-state index contributed by atoms with van der Waals surface area (Å²) in [5.41, 5.74) is 2.37. The summed E-state index contributed by atoms with van der Waals surface area (Å²) in [6.45, 7) is 2.03. The number of nitrogens with one attached hydrogen (secondary N) is 2. The Morgan fingerprint density at radius 3 is 2.96 bits per heavy atom. The van der Waals surface area contributed by atoms with E-state index in [2.05, 4.69) is 20.4 Å². The first-order valence-electron chi connectivity index (χ1n) is 8.82. The zero-order valence-corrected chi connectivity index (χ0v) is 14.2. The maximum atomic E-state index is 12.4. The second-order valence-electron chi connectivity index (χ2n) is 6.51. The van der Waals surface area contributed by atoms with Crippen LogP contribution in [0.15, 0.2) is 10.9 Å². The van der Waals surface area contributed by atoms with Gasteiger partial charge >= 0.3 is 6.09 Å². The minimum atomic E-state index is -0.550. The van der Waals surface area contributed by atoms with E-state index < -0.39 is 6.09 Å². The number of ether oxygens (including phenoxy) is 1. The van der Waals surface area contributed by atoms with Crippen LogP contribution in [0, 0.1) is 0 Å². The van der Waals surface area contributed by atoms with E-state index in [1.54, 1.807) is 6.92 Å². The minimum absolute atomic E-state index is 0.120. The molecule has 2 aliphatic carbocycles. The van der Waals surface area contributed by atoms with Crippen LogP contribution in [0.3, 0.4) is 0 Å². The molecule has 132 valence electrons. The number of aromatic amines is 1. The summed E-state index contributed by atoms with van der Waals surface area (Å²) < 4.78 is 6.45. The Morgan fingerprint density at radius 2 is 2.20 bits per heavy atom. The second-order valence-corrected chi connectivity index (χ2v) is 6.51. The third-order valence-electron chi connectivity index (χ3n) is 4.61. The summed E-state index contributed by atoms with van der Waals surface area (Å²) in [6, 6.07) is 1.83. The van der Waals surface area contributed by atoms with Gasteiger partial charge in [-0.3, -0.25) is 15.1 Å². The first kappa shape index (κ1) is 15.9. The van der Waals surface area contributed by atoms with E-state index in [0.717, 1.165) is 55.5 Å². The van der Waals surface area contributed by atoms with Gasteiger partial charge in [-0.2, -0.15) is 9.78 Å². The Labute approximate surface area is 144 Å². The highest BCUT2D eigenvalue weighted by atomic mass is 16.5. The maximum Gasteiger partial charge on any atom is 0.412 e. The van der Waals surface area contributed by atoms with Gasteiger partial charge in [0.2, 0.25) is 5.95 Å². The molecule has 1 saturated carbocycles. The summed E-state index contributed by atoms with van der Waals surface area (Å²) >= 11 is 0. The second kappa shape index (κ2) is 6.34. The Hall–Kier alpha value is -2.64. The molecule has 1 fully saturated rings. The highest BCUT2D eigenvalue weighted by molar-refractivity contribution is 5.83. The molecule has 0 atom stereocenters. The molecular formula is C17H21N5O3. The Bertz CT molecular complexity index is 866. The Balaban J connectivity index is 1.74. The van der Waals surface area contributed by atoms with Crippen LogP contribution in [0.2, 0.25) is 0 Å². The van der Waals surface area contributed by atoms with Gasteiger partial charge in [0.25, 0.3) is 5.56 Å². The average Bonchev–Trinajstić information content (AvgIpc) is 3.36. The highest BCUT2D eigenvalue weighted by Gasteiger charge is 2.29. The summed E-state index contributed by atoms with van der Waals surface area (Å²) in [4.78, 5) is 31.6. The SMILES string of the molecule is CCOC(=O)Nc1cc(C2CC2)nn1-c1nc2c(c(=O)[nH]1)CCCC2. The highest BCUT2D eigenvalue weighted by Crippen LogP contribution is 2.40. The van der Waals surface area contributed by atoms with E-state index in [1.807, 2.05) is 6.07 Å². The van der Waals surface area contributed by atoms with Crippen LogP contribution in [0.25, 0.3) is 5.95 Å². The molecule has 0 bridgehead atoms. The van der Waals surface area contributed by atoms with E-state index in [9.17, 15) is 9.59 Å². The number of carbonyl (C=O) groups is 1. The molecule has 4 rings (SSSR count). The number of anilines is 1. The molecule has 8 heteroatoms. The molecule has 0 saturated heterocycles. The fraction of sp³-hybridized carbons (Fsp3) is 0.529. The smallest absolute Gasteiger partial charge is 0.412 e. The molecule has 2 N–H and O–H groups in total. The van der Waals surface area contributed by atoms with Gasteiger partial charge in [-0.15, -0.1) is 0 Å². The fourth-order valence-corrected chi connectivity index (χ4v) is 3.19. The van der Waals surface area contributed by atoms with Crippen molar-refractivity contribution in [1.82, 2.24) is 19.7 Å². The normalized spacial score (nSPS) is 16.4. The molecule has 0 spiro atoms. The molecule has 0 aromatic carbocycles. The molecule has 1 amide bonds. The fourth-order valence-electron chi connectivity index (χ4n) is 3.19. The van der Waals surface area contributed by atoms with Crippen molar-refractivity contribution in [2.24, 2.45) is 0 Å². The van der Waals surface area contributed by atoms with Crippen molar-refractivity contribution < 1.29 is 9.53 Å². The first-order valence-corrected chi connectivity index (χ1v) is 8.82. The van der Waals surface area contributed by atoms with Crippen LogP contribution in [-0.4, -0.2) is 32.4 Å². The molecule has 2 heterocycles. The lowest BCUT2D eigenvalue weighted by molar-refractivity contribution is 0.167. The van der Waals surface area contributed by atoms with Crippen molar-refractivity contribution in [3.63, 3.8) is 0 Å². The number of hydrogen-bond donors (Lipinski definition) is 2. The van der Waals surface area contributed by atoms with Crippen molar-refractivity contribution >= 4 is 11.9 Å². The number of nitrogens with zero attached hydrogens (tertiary/aromatic N) is 3. The Morgan fingerprint density at radius 1 is 1.40 bits per heavy atom. The lowest BCUT2D eigenvalue weighted by Gasteiger charge is -2.15. The summed E-state index contributed by atoms with van der Waals surface area (Å²) in [5.74, 6) is 1.21. The molecule has 2 aromatic heterocycles. The van der Waals surface area contributed by atoms with Gasteiger partial charge in [-0.1, -0.05) is 0 Å². The quantitative estimate of drug-likeness (QED) is 0.887. The van der Waals surface area contributed by atoms with Gasteiger partial charge in [-0.05, 0) is 45.4 Å². The predicted molar refractivity (Wildman–Crippen MR) is 91.2 cm³/mol. The molecule has 2 aliphatic rings. The largest absolute Gasteiger partial charge is 0.450 e. The number of aryl methyl sites for hydroxylation is 1. The maximum absolute atomic E-state index is 12.4. The lowest BCUT2D eigenvalue weighted by atomic mass is 9.97. The van der Waals surface area contributed by atoms with E-state index in [0.29, 0.717) is 17.7 Å². The van der Waals surface area contributed by atoms with Gasteiger partial charge in [0.1, 0.15) is 5.82 Å². The van der Waals surface area contributed by atoms with Gasteiger partial charge in [0.15, 0.2) is 0 Å². The molecule has 0 radical (unpaired) electrons. The molecule has 8 nitrogen and oxygen atoms in total. The third kappa shape index (κ3) is 3.16. The first-order chi connectivity index (χ1) is 12.2. The molecular weight excluding hydrogens is 322 g/mol. The van der Waals surface area contributed by atoms with E-state index >= 15 is 0 Å². The van der Waals surface area contributed by atoms with Gasteiger partial charge in [0.05, 0.1) is 18.0 Å². The topological polar surface area (TPSA) is 102 Å². The van der Waals surface area contributed by atoms with Gasteiger partial charge in [-0.25, -0.2) is 9.78 Å².